The van der Waals surface area contributed by atoms with Crippen molar-refractivity contribution in [1.82, 2.24) is 5.32 Å². The molecule has 0 aliphatic heterocycles. The SMILES string of the molecule is CCCCCCC/C=C\CCCCCCCC(=O)OCCCCCCCCCCCCCC/C=C\CCCCCCCCCCCCCCCCCC(=O)NC(CO)C(O)CCCCCCCCCCCCCCCC. The van der Waals surface area contributed by atoms with E-state index in [1.165, 1.54) is 308 Å². The molecule has 6 nitrogen and oxygen atoms in total. The Morgan fingerprint density at radius 2 is 0.618 bits per heavy atom. The molecule has 0 saturated carbocycles. The molecule has 450 valence electrons. The fourth-order valence-corrected chi connectivity index (χ4v) is 10.9. The topological polar surface area (TPSA) is 95.9 Å². The first-order chi connectivity index (χ1) is 37.5. The van der Waals surface area contributed by atoms with Gasteiger partial charge in [-0.2, -0.15) is 0 Å². The van der Waals surface area contributed by atoms with Crippen LogP contribution in [-0.4, -0.2) is 47.4 Å². The van der Waals surface area contributed by atoms with E-state index in [0.29, 0.717) is 25.9 Å². The minimum atomic E-state index is -0.662. The van der Waals surface area contributed by atoms with E-state index in [1.807, 2.05) is 0 Å². The number of aliphatic hydroxyl groups is 2. The zero-order valence-corrected chi connectivity index (χ0v) is 51.5. The first-order valence-electron chi connectivity index (χ1n) is 34.6. The molecule has 1 amide bonds. The molecule has 0 rings (SSSR count). The highest BCUT2D eigenvalue weighted by Crippen LogP contribution is 2.18. The number of carbonyl (C=O) groups is 2. The zero-order chi connectivity index (χ0) is 55.0. The molecule has 0 heterocycles. The van der Waals surface area contributed by atoms with Crippen LogP contribution >= 0.6 is 0 Å². The number of amides is 1. The van der Waals surface area contributed by atoms with E-state index in [9.17, 15) is 19.8 Å². The third kappa shape index (κ3) is 61.6. The number of allylic oxidation sites excluding steroid dienone is 4. The minimum Gasteiger partial charge on any atom is -0.466 e. The van der Waals surface area contributed by atoms with Gasteiger partial charge in [-0.3, -0.25) is 9.59 Å². The molecule has 0 aliphatic carbocycles. The molecule has 3 N–H and O–H groups in total. The Morgan fingerprint density at radius 1 is 0.355 bits per heavy atom. The molecule has 0 radical (unpaired) electrons. The molecular weight excluding hydrogens is 935 g/mol. The average Bonchev–Trinajstić information content (AvgIpc) is 3.42. The van der Waals surface area contributed by atoms with Crippen molar-refractivity contribution in [3.05, 3.63) is 24.3 Å². The second-order valence-corrected chi connectivity index (χ2v) is 23.9. The smallest absolute Gasteiger partial charge is 0.305 e. The van der Waals surface area contributed by atoms with Gasteiger partial charge in [0.2, 0.25) is 5.91 Å². The number of esters is 1. The summed E-state index contributed by atoms with van der Waals surface area (Å²) in [6, 6.07) is -0.539. The van der Waals surface area contributed by atoms with Crippen LogP contribution in [0.5, 0.6) is 0 Å². The monoisotopic (exact) mass is 1070 g/mol. The number of hydrogen-bond acceptors (Lipinski definition) is 5. The summed E-state index contributed by atoms with van der Waals surface area (Å²) in [4.78, 5) is 24.5. The number of aliphatic hydroxyl groups excluding tert-OH is 2. The second-order valence-electron chi connectivity index (χ2n) is 23.9. The molecule has 0 aromatic carbocycles. The lowest BCUT2D eigenvalue weighted by Crippen LogP contribution is -2.45. The molecule has 0 aromatic rings. The van der Waals surface area contributed by atoms with Gasteiger partial charge in [-0.25, -0.2) is 0 Å². The lowest BCUT2D eigenvalue weighted by Gasteiger charge is -2.22. The predicted molar refractivity (Wildman–Crippen MR) is 333 cm³/mol. The van der Waals surface area contributed by atoms with E-state index in [0.717, 1.165) is 44.9 Å². The molecule has 0 spiro atoms. The molecule has 0 fully saturated rings. The normalized spacial score (nSPS) is 12.6. The lowest BCUT2D eigenvalue weighted by atomic mass is 10.0. The van der Waals surface area contributed by atoms with Gasteiger partial charge in [-0.1, -0.05) is 321 Å². The van der Waals surface area contributed by atoms with Crippen LogP contribution < -0.4 is 5.32 Å². The van der Waals surface area contributed by atoms with E-state index < -0.39 is 12.1 Å². The zero-order valence-electron chi connectivity index (χ0n) is 51.5. The number of hydrogen-bond donors (Lipinski definition) is 3. The van der Waals surface area contributed by atoms with E-state index in [-0.39, 0.29) is 18.5 Å². The lowest BCUT2D eigenvalue weighted by molar-refractivity contribution is -0.143. The Morgan fingerprint density at radius 3 is 0.934 bits per heavy atom. The summed E-state index contributed by atoms with van der Waals surface area (Å²) in [6.07, 6.45) is 82.3. The van der Waals surface area contributed by atoms with Gasteiger partial charge in [0.25, 0.3) is 0 Å². The molecule has 2 unspecified atom stereocenters. The molecule has 0 bridgehead atoms. The van der Waals surface area contributed by atoms with Gasteiger partial charge in [0, 0.05) is 12.8 Å². The van der Waals surface area contributed by atoms with Gasteiger partial charge in [-0.15, -0.1) is 0 Å². The van der Waals surface area contributed by atoms with Crippen molar-refractivity contribution in [3.63, 3.8) is 0 Å². The Labute approximate surface area is 475 Å². The van der Waals surface area contributed by atoms with Crippen molar-refractivity contribution in [2.24, 2.45) is 0 Å². The van der Waals surface area contributed by atoms with Gasteiger partial charge in [0.15, 0.2) is 0 Å². The van der Waals surface area contributed by atoms with Crippen molar-refractivity contribution in [2.45, 2.75) is 398 Å². The van der Waals surface area contributed by atoms with Crippen LogP contribution in [0.15, 0.2) is 24.3 Å². The molecule has 76 heavy (non-hydrogen) atoms. The first-order valence-corrected chi connectivity index (χ1v) is 34.6. The standard InChI is InChI=1S/C70H135NO5/c1-3-5-7-9-11-13-15-17-38-42-46-50-54-58-62-68(73)67(66-72)71-69(74)63-59-55-51-47-43-39-36-34-32-30-28-26-24-22-20-19-21-23-25-27-29-31-33-35-37-41-45-49-53-57-61-65-76-70(75)64-60-56-52-48-44-40-18-16-14-12-10-8-6-4-2/h16,18,21,23,67-68,72-73H,3-15,17,19-20,22,24-66H2,1-2H3,(H,71,74)/b18-16-,23-21-. The van der Waals surface area contributed by atoms with Crippen molar-refractivity contribution in [2.75, 3.05) is 13.2 Å². The van der Waals surface area contributed by atoms with Gasteiger partial charge < -0.3 is 20.3 Å². The summed E-state index contributed by atoms with van der Waals surface area (Å²) in [5.41, 5.74) is 0. The quantitative estimate of drug-likeness (QED) is 0.0320. The van der Waals surface area contributed by atoms with Crippen molar-refractivity contribution >= 4 is 11.9 Å². The number of carbonyl (C=O) groups excluding carboxylic acids is 2. The number of nitrogens with one attached hydrogen (secondary N) is 1. The predicted octanol–water partition coefficient (Wildman–Crippen LogP) is 22.1. The molecular formula is C70H135NO5. The van der Waals surface area contributed by atoms with Crippen LogP contribution in [-0.2, 0) is 14.3 Å². The number of unbranched alkanes of at least 4 members (excludes halogenated alkanes) is 50. The van der Waals surface area contributed by atoms with Crippen molar-refractivity contribution < 1.29 is 24.5 Å². The van der Waals surface area contributed by atoms with E-state index in [1.54, 1.807) is 0 Å². The highest BCUT2D eigenvalue weighted by molar-refractivity contribution is 5.76. The van der Waals surface area contributed by atoms with Crippen LogP contribution in [0.4, 0.5) is 0 Å². The van der Waals surface area contributed by atoms with Crippen LogP contribution in [0, 0.1) is 0 Å². The van der Waals surface area contributed by atoms with Gasteiger partial charge in [0.1, 0.15) is 0 Å². The van der Waals surface area contributed by atoms with Crippen LogP contribution in [0.3, 0.4) is 0 Å². The Hall–Kier alpha value is -1.66. The maximum absolute atomic E-state index is 12.5. The highest BCUT2D eigenvalue weighted by atomic mass is 16.5. The van der Waals surface area contributed by atoms with Crippen molar-refractivity contribution in [1.29, 1.82) is 0 Å². The Balaban J connectivity index is 3.35. The minimum absolute atomic E-state index is 0.00961. The summed E-state index contributed by atoms with van der Waals surface area (Å²) in [5, 5.41) is 23.3. The van der Waals surface area contributed by atoms with Crippen LogP contribution in [0.25, 0.3) is 0 Å². The Bertz CT molecular complexity index is 1190. The summed E-state index contributed by atoms with van der Waals surface area (Å²) < 4.78 is 5.48. The summed E-state index contributed by atoms with van der Waals surface area (Å²) in [5.74, 6) is -0.0209. The van der Waals surface area contributed by atoms with Crippen LogP contribution in [0.2, 0.25) is 0 Å². The Kier molecular flexibility index (Phi) is 64.4. The average molecular weight is 1070 g/mol. The number of rotatable bonds is 65. The van der Waals surface area contributed by atoms with E-state index in [2.05, 4.69) is 43.5 Å². The largest absolute Gasteiger partial charge is 0.466 e. The van der Waals surface area contributed by atoms with Crippen molar-refractivity contribution in [3.8, 4) is 0 Å². The van der Waals surface area contributed by atoms with E-state index in [4.69, 9.17) is 4.74 Å². The summed E-state index contributed by atoms with van der Waals surface area (Å²) in [6.45, 7) is 4.97. The molecule has 0 aliphatic rings. The maximum atomic E-state index is 12.5. The maximum Gasteiger partial charge on any atom is 0.305 e. The van der Waals surface area contributed by atoms with Gasteiger partial charge >= 0.3 is 5.97 Å². The molecule has 0 saturated heterocycles. The fraction of sp³-hybridized carbons (Fsp3) is 0.914. The summed E-state index contributed by atoms with van der Waals surface area (Å²) in [7, 11) is 0. The van der Waals surface area contributed by atoms with Gasteiger partial charge in [0.05, 0.1) is 25.4 Å². The fourth-order valence-electron chi connectivity index (χ4n) is 10.9. The first kappa shape index (κ1) is 74.3. The van der Waals surface area contributed by atoms with Crippen LogP contribution in [0.1, 0.15) is 386 Å². The third-order valence-corrected chi connectivity index (χ3v) is 16.2. The summed E-state index contributed by atoms with van der Waals surface area (Å²) >= 11 is 0. The second kappa shape index (κ2) is 65.9. The highest BCUT2D eigenvalue weighted by Gasteiger charge is 2.20. The van der Waals surface area contributed by atoms with E-state index >= 15 is 0 Å². The molecule has 0 aromatic heterocycles. The molecule has 2 atom stereocenters. The van der Waals surface area contributed by atoms with Gasteiger partial charge in [-0.05, 0) is 77.0 Å². The number of ether oxygens (including phenoxy) is 1. The molecule has 6 heteroatoms. The third-order valence-electron chi connectivity index (χ3n) is 16.2.